The number of nitrogens with one attached hydrogen (secondary N) is 1. The summed E-state index contributed by atoms with van der Waals surface area (Å²) in [6.07, 6.45) is 2.76. The van der Waals surface area contributed by atoms with Crippen LogP contribution in [0.2, 0.25) is 0 Å². The molecule has 1 heterocycles. The molecule has 0 spiro atoms. The molecule has 0 saturated carbocycles. The Balaban J connectivity index is 1.57. The van der Waals surface area contributed by atoms with Crippen molar-refractivity contribution >= 4 is 16.9 Å². The van der Waals surface area contributed by atoms with Gasteiger partial charge < -0.3 is 10.1 Å². The van der Waals surface area contributed by atoms with Crippen molar-refractivity contribution in [3.8, 4) is 11.4 Å². The molecule has 4 aromatic rings. The number of benzene rings is 3. The lowest BCUT2D eigenvalue weighted by atomic mass is 10.1. The minimum Gasteiger partial charge on any atom is -0.496 e. The largest absolute Gasteiger partial charge is 0.496 e. The summed E-state index contributed by atoms with van der Waals surface area (Å²) >= 11 is 0. The summed E-state index contributed by atoms with van der Waals surface area (Å²) < 4.78 is 7.41. The number of carbonyl (C=O) groups is 1. The first-order chi connectivity index (χ1) is 14.2. The lowest BCUT2D eigenvalue weighted by molar-refractivity contribution is 0.0951. The van der Waals surface area contributed by atoms with Crippen LogP contribution in [0.5, 0.6) is 5.75 Å². The number of imidazole rings is 1. The average molecular weight is 385 g/mol. The molecule has 0 unspecified atom stereocenters. The molecule has 0 aliphatic heterocycles. The number of ether oxygens (including phenoxy) is 1. The molecule has 1 aromatic heterocycles. The molecule has 0 saturated heterocycles. The van der Waals surface area contributed by atoms with Crippen LogP contribution in [0.15, 0.2) is 73.1 Å². The van der Waals surface area contributed by atoms with Crippen LogP contribution in [0.3, 0.4) is 0 Å². The summed E-state index contributed by atoms with van der Waals surface area (Å²) in [7, 11) is 1.63. The summed E-state index contributed by atoms with van der Waals surface area (Å²) in [4.78, 5) is 17.2. The van der Waals surface area contributed by atoms with Gasteiger partial charge in [-0.05, 0) is 42.3 Å². The van der Waals surface area contributed by atoms with E-state index in [-0.39, 0.29) is 5.91 Å². The first kappa shape index (κ1) is 18.7. The van der Waals surface area contributed by atoms with Gasteiger partial charge in [0.25, 0.3) is 5.91 Å². The Bertz CT molecular complexity index is 1160. The van der Waals surface area contributed by atoms with Crippen molar-refractivity contribution < 1.29 is 9.53 Å². The third-order valence-electron chi connectivity index (χ3n) is 5.07. The zero-order chi connectivity index (χ0) is 20.2. The maximum Gasteiger partial charge on any atom is 0.251 e. The Morgan fingerprint density at radius 2 is 1.79 bits per heavy atom. The molecule has 0 fully saturated rings. The zero-order valence-corrected chi connectivity index (χ0v) is 16.6. The Kier molecular flexibility index (Phi) is 5.29. The van der Waals surface area contributed by atoms with E-state index in [2.05, 4.69) is 33.9 Å². The van der Waals surface area contributed by atoms with E-state index in [0.29, 0.717) is 12.1 Å². The van der Waals surface area contributed by atoms with Gasteiger partial charge in [-0.3, -0.25) is 9.36 Å². The second-order valence-corrected chi connectivity index (χ2v) is 6.79. The molecular weight excluding hydrogens is 362 g/mol. The fourth-order valence-electron chi connectivity index (χ4n) is 3.52. The number of nitrogens with zero attached hydrogens (tertiary/aromatic N) is 2. The van der Waals surface area contributed by atoms with Gasteiger partial charge in [-0.25, -0.2) is 4.98 Å². The fourth-order valence-corrected chi connectivity index (χ4v) is 3.52. The average Bonchev–Trinajstić information content (AvgIpc) is 3.20. The normalized spacial score (nSPS) is 10.8. The summed E-state index contributed by atoms with van der Waals surface area (Å²) in [5.74, 6) is 0.623. The van der Waals surface area contributed by atoms with Gasteiger partial charge in [-0.15, -0.1) is 0 Å². The maximum absolute atomic E-state index is 12.7. The van der Waals surface area contributed by atoms with Crippen LogP contribution >= 0.6 is 0 Å². The van der Waals surface area contributed by atoms with Gasteiger partial charge in [0.1, 0.15) is 12.1 Å². The molecule has 0 bridgehead atoms. The van der Waals surface area contributed by atoms with Crippen LogP contribution in [0.25, 0.3) is 16.7 Å². The number of hydrogen-bond donors (Lipinski definition) is 1. The van der Waals surface area contributed by atoms with Crippen molar-refractivity contribution in [2.75, 3.05) is 7.11 Å². The van der Waals surface area contributed by atoms with Gasteiger partial charge in [0.2, 0.25) is 0 Å². The van der Waals surface area contributed by atoms with Crippen LogP contribution in [0.1, 0.15) is 28.4 Å². The van der Waals surface area contributed by atoms with Gasteiger partial charge in [-0.2, -0.15) is 0 Å². The predicted octanol–water partition coefficient (Wildman–Crippen LogP) is 4.53. The molecule has 0 aliphatic carbocycles. The molecule has 3 aromatic carbocycles. The van der Waals surface area contributed by atoms with E-state index in [1.54, 1.807) is 7.11 Å². The molecular formula is C24H23N3O2. The Hall–Kier alpha value is -3.60. The van der Waals surface area contributed by atoms with Crippen molar-refractivity contribution in [3.63, 3.8) is 0 Å². The Morgan fingerprint density at radius 1 is 1.03 bits per heavy atom. The number of aromatic nitrogens is 2. The van der Waals surface area contributed by atoms with Gasteiger partial charge in [-0.1, -0.05) is 43.3 Å². The molecule has 0 atom stereocenters. The molecule has 29 heavy (non-hydrogen) atoms. The van der Waals surface area contributed by atoms with Crippen molar-refractivity contribution in [1.82, 2.24) is 14.9 Å². The van der Waals surface area contributed by atoms with Gasteiger partial charge in [0.15, 0.2) is 0 Å². The van der Waals surface area contributed by atoms with Crippen molar-refractivity contribution in [2.24, 2.45) is 0 Å². The maximum atomic E-state index is 12.7. The lowest BCUT2D eigenvalue weighted by Crippen LogP contribution is -2.23. The summed E-state index contributed by atoms with van der Waals surface area (Å²) in [6, 6.07) is 21.6. The minimum absolute atomic E-state index is 0.138. The SMILES string of the molecule is CCc1ccccc1-n1cnc2cc(C(=O)NCc3ccccc3OC)ccc21. The van der Waals surface area contributed by atoms with Crippen LogP contribution in [0.4, 0.5) is 0 Å². The first-order valence-electron chi connectivity index (χ1n) is 9.66. The van der Waals surface area contributed by atoms with E-state index in [1.165, 1.54) is 5.56 Å². The molecule has 1 amide bonds. The second-order valence-electron chi connectivity index (χ2n) is 6.79. The number of hydrogen-bond acceptors (Lipinski definition) is 3. The van der Waals surface area contributed by atoms with Crippen molar-refractivity contribution in [2.45, 2.75) is 19.9 Å². The van der Waals surface area contributed by atoms with Crippen LogP contribution in [-0.4, -0.2) is 22.6 Å². The fraction of sp³-hybridized carbons (Fsp3) is 0.167. The highest BCUT2D eigenvalue weighted by atomic mass is 16.5. The van der Waals surface area contributed by atoms with Gasteiger partial charge >= 0.3 is 0 Å². The highest BCUT2D eigenvalue weighted by Crippen LogP contribution is 2.23. The summed E-state index contributed by atoms with van der Waals surface area (Å²) in [5.41, 5.74) is 5.66. The van der Waals surface area contributed by atoms with E-state index in [0.717, 1.165) is 34.5 Å². The van der Waals surface area contributed by atoms with E-state index >= 15 is 0 Å². The summed E-state index contributed by atoms with van der Waals surface area (Å²) in [6.45, 7) is 2.54. The second kappa shape index (κ2) is 8.19. The lowest BCUT2D eigenvalue weighted by Gasteiger charge is -2.11. The topological polar surface area (TPSA) is 56.2 Å². The molecule has 5 nitrogen and oxygen atoms in total. The van der Waals surface area contributed by atoms with Gasteiger partial charge in [0.05, 0.1) is 23.8 Å². The zero-order valence-electron chi connectivity index (χ0n) is 16.6. The van der Waals surface area contributed by atoms with Gasteiger partial charge in [0, 0.05) is 17.7 Å². The van der Waals surface area contributed by atoms with Crippen LogP contribution in [0, 0.1) is 0 Å². The molecule has 0 radical (unpaired) electrons. The number of methoxy groups -OCH3 is 1. The van der Waals surface area contributed by atoms with E-state index < -0.39 is 0 Å². The highest BCUT2D eigenvalue weighted by Gasteiger charge is 2.12. The Morgan fingerprint density at radius 3 is 2.59 bits per heavy atom. The Labute approximate surface area is 170 Å². The highest BCUT2D eigenvalue weighted by molar-refractivity contribution is 5.97. The summed E-state index contributed by atoms with van der Waals surface area (Å²) in [5, 5.41) is 2.96. The van der Waals surface area contributed by atoms with Crippen molar-refractivity contribution in [1.29, 1.82) is 0 Å². The standard InChI is InChI=1S/C24H23N3O2/c1-3-17-8-4-6-10-21(17)27-16-26-20-14-18(12-13-22(20)27)24(28)25-15-19-9-5-7-11-23(19)29-2/h4-14,16H,3,15H2,1-2H3,(H,25,28). The van der Waals surface area contributed by atoms with E-state index in [9.17, 15) is 4.79 Å². The molecule has 4 rings (SSSR count). The number of carbonyl (C=O) groups excluding carboxylic acids is 1. The van der Waals surface area contributed by atoms with E-state index in [1.807, 2.05) is 60.9 Å². The van der Waals surface area contributed by atoms with Crippen LogP contribution < -0.4 is 10.1 Å². The third-order valence-corrected chi connectivity index (χ3v) is 5.07. The minimum atomic E-state index is -0.138. The number of rotatable bonds is 6. The van der Waals surface area contributed by atoms with E-state index in [4.69, 9.17) is 4.74 Å². The number of amides is 1. The molecule has 146 valence electrons. The van der Waals surface area contributed by atoms with Crippen LogP contribution in [-0.2, 0) is 13.0 Å². The molecule has 0 aliphatic rings. The predicted molar refractivity (Wildman–Crippen MR) is 115 cm³/mol. The number of para-hydroxylation sites is 2. The smallest absolute Gasteiger partial charge is 0.251 e. The molecule has 5 heteroatoms. The quantitative estimate of drug-likeness (QED) is 0.531. The molecule has 1 N–H and O–H groups in total. The monoisotopic (exact) mass is 385 g/mol. The third kappa shape index (κ3) is 3.72. The number of aryl methyl sites for hydroxylation is 1. The number of fused-ring (bicyclic) bond motifs is 1. The first-order valence-corrected chi connectivity index (χ1v) is 9.66. The van der Waals surface area contributed by atoms with Crippen molar-refractivity contribution in [3.05, 3.63) is 89.7 Å².